The van der Waals surface area contributed by atoms with E-state index in [9.17, 15) is 0 Å². The van der Waals surface area contributed by atoms with E-state index in [1.807, 2.05) is 18.2 Å². The summed E-state index contributed by atoms with van der Waals surface area (Å²) in [5.74, 6) is 0. The second kappa shape index (κ2) is 4.84. The molecule has 0 spiro atoms. The van der Waals surface area contributed by atoms with Gasteiger partial charge in [-0.3, -0.25) is 0 Å². The number of nitrogens with zero attached hydrogens (tertiary/aromatic N) is 1. The van der Waals surface area contributed by atoms with Crippen LogP contribution in [-0.2, 0) is 6.42 Å². The molecule has 2 heteroatoms. The highest BCUT2D eigenvalue weighted by atomic mass is 32.1. The van der Waals surface area contributed by atoms with Crippen molar-refractivity contribution in [2.24, 2.45) is 0 Å². The molecule has 1 nitrogen and oxygen atoms in total. The van der Waals surface area contributed by atoms with Crippen molar-refractivity contribution in [3.8, 4) is 6.07 Å². The molecule has 0 aliphatic carbocycles. The number of hydrogen-bond donors (Lipinski definition) is 1. The number of thiol groups is 1. The van der Waals surface area contributed by atoms with Crippen LogP contribution in [0, 0.1) is 11.3 Å². The largest absolute Gasteiger partial charge is 0.197 e. The molecular formula is C10H11NS. The van der Waals surface area contributed by atoms with Crippen LogP contribution in [0.15, 0.2) is 30.3 Å². The van der Waals surface area contributed by atoms with E-state index in [0.29, 0.717) is 0 Å². The van der Waals surface area contributed by atoms with Crippen LogP contribution in [0.2, 0.25) is 0 Å². The molecule has 1 rings (SSSR count). The fourth-order valence-corrected chi connectivity index (χ4v) is 1.14. The van der Waals surface area contributed by atoms with Crippen molar-refractivity contribution in [3.05, 3.63) is 35.9 Å². The first-order valence-corrected chi connectivity index (χ1v) is 4.46. The molecule has 0 saturated carbocycles. The summed E-state index contributed by atoms with van der Waals surface area (Å²) in [4.78, 5) is 0. The van der Waals surface area contributed by atoms with Crippen LogP contribution in [0.25, 0.3) is 0 Å². The summed E-state index contributed by atoms with van der Waals surface area (Å²) in [6.45, 7) is 0. The number of rotatable bonds is 3. The maximum atomic E-state index is 8.49. The van der Waals surface area contributed by atoms with Crippen LogP contribution in [0.5, 0.6) is 0 Å². The molecule has 1 aromatic carbocycles. The predicted octanol–water partition coefficient (Wildman–Crippen LogP) is 2.44. The molecule has 1 unspecified atom stereocenters. The van der Waals surface area contributed by atoms with E-state index in [4.69, 9.17) is 5.26 Å². The van der Waals surface area contributed by atoms with Crippen molar-refractivity contribution in [2.75, 3.05) is 0 Å². The Morgan fingerprint density at radius 1 is 1.33 bits per heavy atom. The van der Waals surface area contributed by atoms with Crippen LogP contribution in [0.3, 0.4) is 0 Å². The van der Waals surface area contributed by atoms with Gasteiger partial charge in [0.05, 0.1) is 11.3 Å². The third-order valence-corrected chi connectivity index (χ3v) is 2.07. The Morgan fingerprint density at radius 3 is 2.58 bits per heavy atom. The SMILES string of the molecule is N#CC(S)CCc1ccccc1. The maximum absolute atomic E-state index is 8.49. The van der Waals surface area contributed by atoms with Gasteiger partial charge >= 0.3 is 0 Å². The van der Waals surface area contributed by atoms with Gasteiger partial charge < -0.3 is 0 Å². The fraction of sp³-hybridized carbons (Fsp3) is 0.300. The lowest BCUT2D eigenvalue weighted by Gasteiger charge is -2.00. The first-order valence-electron chi connectivity index (χ1n) is 3.94. The molecule has 1 atom stereocenters. The average molecular weight is 177 g/mol. The maximum Gasteiger partial charge on any atom is 0.0890 e. The first kappa shape index (κ1) is 9.15. The molecule has 0 heterocycles. The van der Waals surface area contributed by atoms with E-state index >= 15 is 0 Å². The molecule has 0 aliphatic rings. The third kappa shape index (κ3) is 2.98. The van der Waals surface area contributed by atoms with Crippen molar-refractivity contribution in [2.45, 2.75) is 18.1 Å². The van der Waals surface area contributed by atoms with E-state index < -0.39 is 0 Å². The quantitative estimate of drug-likeness (QED) is 0.704. The second-order valence-corrected chi connectivity index (χ2v) is 3.29. The van der Waals surface area contributed by atoms with E-state index in [1.54, 1.807) is 0 Å². The lowest BCUT2D eigenvalue weighted by molar-refractivity contribution is 0.867. The summed E-state index contributed by atoms with van der Waals surface area (Å²) in [5, 5.41) is 8.35. The Labute approximate surface area is 78.4 Å². The van der Waals surface area contributed by atoms with E-state index in [1.165, 1.54) is 5.56 Å². The summed E-state index contributed by atoms with van der Waals surface area (Å²) >= 11 is 4.10. The molecule has 0 aliphatic heterocycles. The van der Waals surface area contributed by atoms with E-state index in [2.05, 4.69) is 30.8 Å². The van der Waals surface area contributed by atoms with Crippen molar-refractivity contribution in [1.82, 2.24) is 0 Å². The van der Waals surface area contributed by atoms with E-state index in [-0.39, 0.29) is 5.25 Å². The van der Waals surface area contributed by atoms with Gasteiger partial charge in [-0.2, -0.15) is 17.9 Å². The molecule has 0 fully saturated rings. The Morgan fingerprint density at radius 2 is 2.00 bits per heavy atom. The Bertz CT molecular complexity index is 263. The average Bonchev–Trinajstić information content (AvgIpc) is 2.16. The summed E-state index contributed by atoms with van der Waals surface area (Å²) < 4.78 is 0. The number of benzene rings is 1. The van der Waals surface area contributed by atoms with E-state index in [0.717, 1.165) is 12.8 Å². The number of hydrogen-bond acceptors (Lipinski definition) is 2. The first-order chi connectivity index (χ1) is 5.83. The zero-order chi connectivity index (χ0) is 8.81. The van der Waals surface area contributed by atoms with Gasteiger partial charge in [-0.1, -0.05) is 30.3 Å². The summed E-state index contributed by atoms with van der Waals surface area (Å²) in [5.41, 5.74) is 1.27. The normalized spacial score (nSPS) is 12.0. The number of aryl methyl sites for hydroxylation is 1. The summed E-state index contributed by atoms with van der Waals surface area (Å²) in [6.07, 6.45) is 1.76. The van der Waals surface area contributed by atoms with Gasteiger partial charge in [0.1, 0.15) is 0 Å². The monoisotopic (exact) mass is 177 g/mol. The molecule has 0 N–H and O–H groups in total. The van der Waals surface area contributed by atoms with Gasteiger partial charge in [-0.05, 0) is 18.4 Å². The zero-order valence-corrected chi connectivity index (χ0v) is 7.67. The molecule has 0 saturated heterocycles. The molecule has 0 aromatic heterocycles. The van der Waals surface area contributed by atoms with Crippen molar-refractivity contribution < 1.29 is 0 Å². The highest BCUT2D eigenvalue weighted by Gasteiger charge is 1.99. The van der Waals surface area contributed by atoms with Gasteiger partial charge in [0.15, 0.2) is 0 Å². The van der Waals surface area contributed by atoms with Gasteiger partial charge in [-0.25, -0.2) is 0 Å². The minimum atomic E-state index is -0.134. The summed E-state index contributed by atoms with van der Waals surface area (Å²) in [7, 11) is 0. The molecule has 12 heavy (non-hydrogen) atoms. The molecule has 0 radical (unpaired) electrons. The minimum Gasteiger partial charge on any atom is -0.197 e. The zero-order valence-electron chi connectivity index (χ0n) is 6.77. The van der Waals surface area contributed by atoms with Crippen molar-refractivity contribution in [1.29, 1.82) is 5.26 Å². The van der Waals surface area contributed by atoms with Crippen LogP contribution in [0.4, 0.5) is 0 Å². The van der Waals surface area contributed by atoms with Crippen LogP contribution < -0.4 is 0 Å². The predicted molar refractivity (Wildman–Crippen MR) is 53.2 cm³/mol. The topological polar surface area (TPSA) is 23.8 Å². The second-order valence-electron chi connectivity index (χ2n) is 2.67. The number of nitriles is 1. The van der Waals surface area contributed by atoms with Gasteiger partial charge in [0, 0.05) is 0 Å². The van der Waals surface area contributed by atoms with Gasteiger partial charge in [0.25, 0.3) is 0 Å². The highest BCUT2D eigenvalue weighted by Crippen LogP contribution is 2.07. The van der Waals surface area contributed by atoms with Gasteiger partial charge in [0.2, 0.25) is 0 Å². The Balaban J connectivity index is 2.40. The van der Waals surface area contributed by atoms with Crippen molar-refractivity contribution in [3.63, 3.8) is 0 Å². The van der Waals surface area contributed by atoms with Crippen molar-refractivity contribution >= 4 is 12.6 Å². The summed E-state index contributed by atoms with van der Waals surface area (Å²) in [6, 6.07) is 12.2. The molecule has 0 bridgehead atoms. The Hall–Kier alpha value is -0.940. The highest BCUT2D eigenvalue weighted by molar-refractivity contribution is 7.81. The lowest BCUT2D eigenvalue weighted by Crippen LogP contribution is -1.96. The molecule has 62 valence electrons. The smallest absolute Gasteiger partial charge is 0.0890 e. The third-order valence-electron chi connectivity index (χ3n) is 1.70. The van der Waals surface area contributed by atoms with Crippen LogP contribution in [0.1, 0.15) is 12.0 Å². The van der Waals surface area contributed by atoms with Crippen LogP contribution in [-0.4, -0.2) is 5.25 Å². The fourth-order valence-electron chi connectivity index (χ4n) is 1.01. The Kier molecular flexibility index (Phi) is 3.69. The molecule has 0 amide bonds. The lowest BCUT2D eigenvalue weighted by atomic mass is 10.1. The van der Waals surface area contributed by atoms with Gasteiger partial charge in [-0.15, -0.1) is 0 Å². The standard InChI is InChI=1S/C10H11NS/c11-8-10(12)7-6-9-4-2-1-3-5-9/h1-5,10,12H,6-7H2. The molecule has 1 aromatic rings. The van der Waals surface area contributed by atoms with Crippen LogP contribution >= 0.6 is 12.6 Å². The molecular weight excluding hydrogens is 166 g/mol. The minimum absolute atomic E-state index is 0.134.